The van der Waals surface area contributed by atoms with Crippen molar-refractivity contribution in [2.75, 3.05) is 44.7 Å². The third kappa shape index (κ3) is 4.42. The predicted molar refractivity (Wildman–Crippen MR) is 91.4 cm³/mol. The number of hydrogen-bond acceptors (Lipinski definition) is 5. The third-order valence-corrected chi connectivity index (χ3v) is 4.73. The maximum absolute atomic E-state index is 12.1. The Kier molecular flexibility index (Phi) is 5.46. The van der Waals surface area contributed by atoms with Gasteiger partial charge in [-0.25, -0.2) is 4.98 Å². The molecule has 1 aromatic rings. The Labute approximate surface area is 138 Å². The second kappa shape index (κ2) is 7.75. The number of piperazine rings is 1. The zero-order chi connectivity index (χ0) is 16.1. The normalized spacial score (nSPS) is 22.8. The number of nitrogens with one attached hydrogen (secondary N) is 2. The number of aromatic nitrogens is 1. The van der Waals surface area contributed by atoms with Gasteiger partial charge < -0.3 is 20.4 Å². The Morgan fingerprint density at radius 3 is 2.78 bits per heavy atom. The summed E-state index contributed by atoms with van der Waals surface area (Å²) in [6.45, 7) is 5.69. The lowest BCUT2D eigenvalue weighted by Gasteiger charge is -2.33. The zero-order valence-corrected chi connectivity index (χ0v) is 13.9. The van der Waals surface area contributed by atoms with Crippen molar-refractivity contribution in [2.45, 2.75) is 31.8 Å². The maximum atomic E-state index is 12.1. The van der Waals surface area contributed by atoms with Crippen molar-refractivity contribution in [1.29, 1.82) is 0 Å². The van der Waals surface area contributed by atoms with Crippen molar-refractivity contribution in [1.82, 2.24) is 20.5 Å². The van der Waals surface area contributed by atoms with Gasteiger partial charge in [0.1, 0.15) is 5.82 Å². The first kappa shape index (κ1) is 16.2. The number of piperidine rings is 1. The molecule has 2 N–H and O–H groups in total. The van der Waals surface area contributed by atoms with Crippen LogP contribution in [0.4, 0.5) is 5.82 Å². The van der Waals surface area contributed by atoms with Crippen LogP contribution in [0, 0.1) is 0 Å². The van der Waals surface area contributed by atoms with Gasteiger partial charge in [0.05, 0.1) is 6.04 Å². The van der Waals surface area contributed by atoms with Gasteiger partial charge in [-0.3, -0.25) is 4.79 Å². The van der Waals surface area contributed by atoms with Crippen LogP contribution in [0.2, 0.25) is 0 Å². The summed E-state index contributed by atoms with van der Waals surface area (Å²) in [4.78, 5) is 21.3. The summed E-state index contributed by atoms with van der Waals surface area (Å²) in [5.74, 6) is 1.13. The van der Waals surface area contributed by atoms with E-state index in [-0.39, 0.29) is 11.9 Å². The zero-order valence-electron chi connectivity index (χ0n) is 13.9. The first-order valence-corrected chi connectivity index (χ1v) is 8.62. The Hall–Kier alpha value is -1.66. The molecule has 0 radical (unpaired) electrons. The van der Waals surface area contributed by atoms with E-state index in [4.69, 9.17) is 0 Å². The minimum Gasteiger partial charge on any atom is -0.354 e. The van der Waals surface area contributed by atoms with Gasteiger partial charge in [-0.05, 0) is 38.1 Å². The van der Waals surface area contributed by atoms with Crippen LogP contribution in [0.15, 0.2) is 18.3 Å². The van der Waals surface area contributed by atoms with E-state index in [1.54, 1.807) is 0 Å². The number of pyridine rings is 1. The number of nitrogens with zero attached hydrogens (tertiary/aromatic N) is 3. The highest BCUT2D eigenvalue weighted by Crippen LogP contribution is 2.13. The molecule has 1 aromatic heterocycles. The minimum absolute atomic E-state index is 0.0266. The standard InChI is InChI=1S/C17H27N5O/c1-21-8-10-22(11-9-21)16-6-5-14(12-19-16)13-20-17(23)15-4-2-3-7-18-15/h5-6,12,15,18H,2-4,7-11,13H2,1H3,(H,20,23)/t15-/m1/s1. The van der Waals surface area contributed by atoms with Crippen molar-refractivity contribution >= 4 is 11.7 Å². The maximum Gasteiger partial charge on any atom is 0.237 e. The smallest absolute Gasteiger partial charge is 0.237 e. The topological polar surface area (TPSA) is 60.5 Å². The summed E-state index contributed by atoms with van der Waals surface area (Å²) >= 11 is 0. The molecule has 0 spiro atoms. The fraction of sp³-hybridized carbons (Fsp3) is 0.647. The number of carbonyl (C=O) groups is 1. The first-order chi connectivity index (χ1) is 11.2. The second-order valence-corrected chi connectivity index (χ2v) is 6.54. The SMILES string of the molecule is CN1CCN(c2ccc(CNC(=O)[C@H]3CCCCN3)cn2)CC1. The molecule has 2 saturated heterocycles. The number of likely N-dealkylation sites (N-methyl/N-ethyl adjacent to an activating group) is 1. The van der Waals surface area contributed by atoms with E-state index in [1.807, 2.05) is 6.20 Å². The van der Waals surface area contributed by atoms with Crippen molar-refractivity contribution in [3.63, 3.8) is 0 Å². The monoisotopic (exact) mass is 317 g/mol. The molecule has 0 aromatic carbocycles. The molecule has 0 aliphatic carbocycles. The molecule has 6 heteroatoms. The van der Waals surface area contributed by atoms with Gasteiger partial charge in [0.15, 0.2) is 0 Å². The molecule has 126 valence electrons. The van der Waals surface area contributed by atoms with Crippen molar-refractivity contribution < 1.29 is 4.79 Å². The van der Waals surface area contributed by atoms with Crippen LogP contribution in [0.1, 0.15) is 24.8 Å². The fourth-order valence-corrected chi connectivity index (χ4v) is 3.13. The van der Waals surface area contributed by atoms with E-state index >= 15 is 0 Å². The van der Waals surface area contributed by atoms with Gasteiger partial charge in [0.2, 0.25) is 5.91 Å². The van der Waals surface area contributed by atoms with Crippen LogP contribution in [0.3, 0.4) is 0 Å². The summed E-state index contributed by atoms with van der Waals surface area (Å²) in [5.41, 5.74) is 1.05. The van der Waals surface area contributed by atoms with Gasteiger partial charge >= 0.3 is 0 Å². The second-order valence-electron chi connectivity index (χ2n) is 6.54. The molecule has 3 heterocycles. The number of carbonyl (C=O) groups excluding carboxylic acids is 1. The minimum atomic E-state index is -0.0266. The fourth-order valence-electron chi connectivity index (χ4n) is 3.13. The van der Waals surface area contributed by atoms with E-state index < -0.39 is 0 Å². The highest BCUT2D eigenvalue weighted by Gasteiger charge is 2.20. The van der Waals surface area contributed by atoms with Crippen LogP contribution in [0.5, 0.6) is 0 Å². The van der Waals surface area contributed by atoms with Gasteiger partial charge in [0.25, 0.3) is 0 Å². The Morgan fingerprint density at radius 1 is 1.30 bits per heavy atom. The molecular weight excluding hydrogens is 290 g/mol. The van der Waals surface area contributed by atoms with Crippen molar-refractivity contribution in [2.24, 2.45) is 0 Å². The van der Waals surface area contributed by atoms with E-state index in [0.717, 1.165) is 56.9 Å². The summed E-state index contributed by atoms with van der Waals surface area (Å²) in [7, 11) is 2.15. The average Bonchev–Trinajstić information content (AvgIpc) is 2.61. The molecule has 23 heavy (non-hydrogen) atoms. The van der Waals surface area contributed by atoms with Crippen LogP contribution < -0.4 is 15.5 Å². The summed E-state index contributed by atoms with van der Waals surface area (Å²) in [6, 6.07) is 4.10. The largest absolute Gasteiger partial charge is 0.354 e. The Balaban J connectivity index is 1.48. The summed E-state index contributed by atoms with van der Waals surface area (Å²) < 4.78 is 0. The molecule has 0 bridgehead atoms. The molecule has 2 fully saturated rings. The van der Waals surface area contributed by atoms with E-state index in [9.17, 15) is 4.79 Å². The van der Waals surface area contributed by atoms with Gasteiger partial charge in [-0.2, -0.15) is 0 Å². The first-order valence-electron chi connectivity index (χ1n) is 8.62. The van der Waals surface area contributed by atoms with Gasteiger partial charge in [0, 0.05) is 38.9 Å². The third-order valence-electron chi connectivity index (χ3n) is 4.73. The van der Waals surface area contributed by atoms with Crippen LogP contribution >= 0.6 is 0 Å². The highest BCUT2D eigenvalue weighted by molar-refractivity contribution is 5.81. The lowest BCUT2D eigenvalue weighted by molar-refractivity contribution is -0.123. The average molecular weight is 317 g/mol. The van der Waals surface area contributed by atoms with Crippen molar-refractivity contribution in [3.05, 3.63) is 23.9 Å². The van der Waals surface area contributed by atoms with Crippen LogP contribution in [-0.4, -0.2) is 61.6 Å². The van der Waals surface area contributed by atoms with Crippen LogP contribution in [-0.2, 0) is 11.3 Å². The molecule has 1 amide bonds. The van der Waals surface area contributed by atoms with E-state index in [1.165, 1.54) is 6.42 Å². The lowest BCUT2D eigenvalue weighted by Crippen LogP contribution is -2.46. The van der Waals surface area contributed by atoms with E-state index in [0.29, 0.717) is 6.54 Å². The number of anilines is 1. The van der Waals surface area contributed by atoms with E-state index in [2.05, 4.69) is 44.6 Å². The summed E-state index contributed by atoms with van der Waals surface area (Å²) in [6.07, 6.45) is 5.11. The summed E-state index contributed by atoms with van der Waals surface area (Å²) in [5, 5.41) is 6.28. The molecule has 3 rings (SSSR count). The molecule has 0 unspecified atom stereocenters. The van der Waals surface area contributed by atoms with Crippen LogP contribution in [0.25, 0.3) is 0 Å². The molecule has 2 aliphatic heterocycles. The molecule has 2 aliphatic rings. The van der Waals surface area contributed by atoms with Gasteiger partial charge in [-0.1, -0.05) is 12.5 Å². The number of amides is 1. The van der Waals surface area contributed by atoms with Crippen molar-refractivity contribution in [3.8, 4) is 0 Å². The molecule has 1 atom stereocenters. The predicted octanol–water partition coefficient (Wildman–Crippen LogP) is 0.592. The molecule has 6 nitrogen and oxygen atoms in total. The Bertz CT molecular complexity index is 504. The quantitative estimate of drug-likeness (QED) is 0.851. The number of hydrogen-bond donors (Lipinski definition) is 2. The molecular formula is C17H27N5O. The molecule has 0 saturated carbocycles. The van der Waals surface area contributed by atoms with Gasteiger partial charge in [-0.15, -0.1) is 0 Å². The lowest BCUT2D eigenvalue weighted by atomic mass is 10.0. The highest BCUT2D eigenvalue weighted by atomic mass is 16.2. The Morgan fingerprint density at radius 2 is 2.13 bits per heavy atom. The number of rotatable bonds is 4.